The Bertz CT molecular complexity index is 668. The first-order valence-corrected chi connectivity index (χ1v) is 6.41. The van der Waals surface area contributed by atoms with E-state index < -0.39 is 10.9 Å². The van der Waals surface area contributed by atoms with Gasteiger partial charge in [0.15, 0.2) is 5.75 Å². The first-order chi connectivity index (χ1) is 9.47. The lowest BCUT2D eigenvalue weighted by atomic mass is 10.2. The molecule has 8 heteroatoms. The molecule has 2 aromatic rings. The summed E-state index contributed by atoms with van der Waals surface area (Å²) < 4.78 is 5.33. The number of hydrogen-bond donors (Lipinski definition) is 1. The van der Waals surface area contributed by atoms with E-state index in [4.69, 9.17) is 9.84 Å². The monoisotopic (exact) mass is 294 g/mol. The van der Waals surface area contributed by atoms with E-state index in [1.807, 2.05) is 12.3 Å². The van der Waals surface area contributed by atoms with Gasteiger partial charge in [0, 0.05) is 23.2 Å². The zero-order valence-corrected chi connectivity index (χ0v) is 11.2. The Balaban J connectivity index is 2.25. The van der Waals surface area contributed by atoms with Crippen LogP contribution in [0, 0.1) is 17.0 Å². The number of carbonyl (C=O) groups is 1. The smallest absolute Gasteiger partial charge is 0.335 e. The number of benzene rings is 1. The van der Waals surface area contributed by atoms with Gasteiger partial charge in [-0.1, -0.05) is 0 Å². The standard InChI is InChI=1S/C12H10N2O5S/c1-7-6-20-11(13-7)5-19-10-4-8(12(15)16)2-3-9(10)14(17)18/h2-4,6H,5H2,1H3,(H,15,16). The molecule has 104 valence electrons. The van der Waals surface area contributed by atoms with Crippen LogP contribution in [0.15, 0.2) is 23.6 Å². The van der Waals surface area contributed by atoms with Gasteiger partial charge in [-0.15, -0.1) is 11.3 Å². The highest BCUT2D eigenvalue weighted by Gasteiger charge is 2.18. The zero-order chi connectivity index (χ0) is 14.7. The van der Waals surface area contributed by atoms with Crippen molar-refractivity contribution in [2.24, 2.45) is 0 Å². The predicted molar refractivity (Wildman–Crippen MR) is 71.2 cm³/mol. The average molecular weight is 294 g/mol. The second-order valence-electron chi connectivity index (χ2n) is 3.92. The molecule has 7 nitrogen and oxygen atoms in total. The van der Waals surface area contributed by atoms with Crippen LogP contribution < -0.4 is 4.74 Å². The molecular formula is C12H10N2O5S. The van der Waals surface area contributed by atoms with Crippen LogP contribution in [0.5, 0.6) is 5.75 Å². The van der Waals surface area contributed by atoms with Crippen LogP contribution in [0.4, 0.5) is 5.69 Å². The van der Waals surface area contributed by atoms with Gasteiger partial charge in [-0.2, -0.15) is 0 Å². The van der Waals surface area contributed by atoms with E-state index in [0.717, 1.165) is 17.8 Å². The summed E-state index contributed by atoms with van der Waals surface area (Å²) in [6, 6.07) is 3.42. The summed E-state index contributed by atoms with van der Waals surface area (Å²) >= 11 is 1.37. The number of nitro benzene ring substituents is 1. The highest BCUT2D eigenvalue weighted by Crippen LogP contribution is 2.29. The highest BCUT2D eigenvalue weighted by molar-refractivity contribution is 7.09. The molecule has 0 radical (unpaired) electrons. The fourth-order valence-electron chi connectivity index (χ4n) is 1.52. The van der Waals surface area contributed by atoms with Crippen LogP contribution in [0.1, 0.15) is 21.1 Å². The van der Waals surface area contributed by atoms with E-state index in [-0.39, 0.29) is 23.6 Å². The number of aryl methyl sites for hydroxylation is 1. The Hall–Kier alpha value is -2.48. The fraction of sp³-hybridized carbons (Fsp3) is 0.167. The van der Waals surface area contributed by atoms with Gasteiger partial charge in [-0.25, -0.2) is 9.78 Å². The van der Waals surface area contributed by atoms with Gasteiger partial charge in [0.2, 0.25) is 0 Å². The first kappa shape index (κ1) is 13.9. The van der Waals surface area contributed by atoms with E-state index in [1.165, 1.54) is 17.4 Å². The third-order valence-corrected chi connectivity index (χ3v) is 3.36. The molecule has 1 N–H and O–H groups in total. The van der Waals surface area contributed by atoms with Crippen molar-refractivity contribution >= 4 is 23.0 Å². The molecule has 0 saturated carbocycles. The predicted octanol–water partition coefficient (Wildman–Crippen LogP) is 2.64. The molecule has 20 heavy (non-hydrogen) atoms. The van der Waals surface area contributed by atoms with Crippen molar-refractivity contribution < 1.29 is 19.6 Å². The third-order valence-electron chi connectivity index (χ3n) is 2.42. The van der Waals surface area contributed by atoms with Crippen molar-refractivity contribution in [3.63, 3.8) is 0 Å². The number of carboxylic acid groups (broad SMARTS) is 1. The third kappa shape index (κ3) is 3.09. The molecule has 0 spiro atoms. The van der Waals surface area contributed by atoms with Crippen molar-refractivity contribution in [1.29, 1.82) is 0 Å². The second-order valence-corrected chi connectivity index (χ2v) is 4.86. The van der Waals surface area contributed by atoms with Crippen LogP contribution in [0.2, 0.25) is 0 Å². The van der Waals surface area contributed by atoms with Crippen LogP contribution in [-0.2, 0) is 6.61 Å². The number of nitrogens with zero attached hydrogens (tertiary/aromatic N) is 2. The Morgan fingerprint density at radius 1 is 1.55 bits per heavy atom. The van der Waals surface area contributed by atoms with Crippen LogP contribution in [0.3, 0.4) is 0 Å². The maximum atomic E-state index is 10.9. The molecule has 1 heterocycles. The maximum absolute atomic E-state index is 10.9. The van der Waals surface area contributed by atoms with Crippen molar-refractivity contribution in [3.8, 4) is 5.75 Å². The minimum Gasteiger partial charge on any atom is -0.479 e. The van der Waals surface area contributed by atoms with E-state index in [0.29, 0.717) is 5.01 Å². The molecule has 0 bridgehead atoms. The lowest BCUT2D eigenvalue weighted by molar-refractivity contribution is -0.385. The lowest BCUT2D eigenvalue weighted by Crippen LogP contribution is -2.02. The molecule has 0 aliphatic heterocycles. The van der Waals surface area contributed by atoms with E-state index >= 15 is 0 Å². The number of nitro groups is 1. The van der Waals surface area contributed by atoms with Crippen molar-refractivity contribution in [2.75, 3.05) is 0 Å². The van der Waals surface area contributed by atoms with Crippen LogP contribution in [-0.4, -0.2) is 21.0 Å². The summed E-state index contributed by atoms with van der Waals surface area (Å²) in [6.07, 6.45) is 0. The number of rotatable bonds is 5. The largest absolute Gasteiger partial charge is 0.479 e. The fourth-order valence-corrected chi connectivity index (χ4v) is 2.21. The minimum absolute atomic E-state index is 0.0580. The molecule has 0 fully saturated rings. The summed E-state index contributed by atoms with van der Waals surface area (Å²) in [5.41, 5.74) is 0.492. The summed E-state index contributed by atoms with van der Waals surface area (Å²) in [4.78, 5) is 25.3. The molecule has 0 saturated heterocycles. The topological polar surface area (TPSA) is 103 Å². The number of ether oxygens (including phenoxy) is 1. The van der Waals surface area contributed by atoms with E-state index in [9.17, 15) is 14.9 Å². The lowest BCUT2D eigenvalue weighted by Gasteiger charge is -2.06. The molecular weight excluding hydrogens is 284 g/mol. The number of carboxylic acids is 1. The zero-order valence-electron chi connectivity index (χ0n) is 10.4. The first-order valence-electron chi connectivity index (χ1n) is 5.53. The quantitative estimate of drug-likeness (QED) is 0.671. The molecule has 0 amide bonds. The summed E-state index contributed by atoms with van der Waals surface area (Å²) in [5, 5.41) is 22.3. The van der Waals surface area contributed by atoms with Crippen molar-refractivity contribution in [2.45, 2.75) is 13.5 Å². The Kier molecular flexibility index (Phi) is 3.94. The SMILES string of the molecule is Cc1csc(COc2cc(C(=O)O)ccc2[N+](=O)[O-])n1. The molecule has 1 aromatic carbocycles. The van der Waals surface area contributed by atoms with Gasteiger partial charge < -0.3 is 9.84 Å². The molecule has 2 rings (SSSR count). The van der Waals surface area contributed by atoms with E-state index in [2.05, 4.69) is 4.98 Å². The Morgan fingerprint density at radius 2 is 2.30 bits per heavy atom. The number of thiazole rings is 1. The van der Waals surface area contributed by atoms with Gasteiger partial charge in [-0.05, 0) is 13.0 Å². The summed E-state index contributed by atoms with van der Waals surface area (Å²) in [6.45, 7) is 1.88. The minimum atomic E-state index is -1.17. The molecule has 0 atom stereocenters. The number of aromatic carboxylic acids is 1. The normalized spacial score (nSPS) is 10.2. The van der Waals surface area contributed by atoms with Crippen LogP contribution in [0.25, 0.3) is 0 Å². The number of aromatic nitrogens is 1. The average Bonchev–Trinajstić information content (AvgIpc) is 2.81. The molecule has 1 aromatic heterocycles. The van der Waals surface area contributed by atoms with Gasteiger partial charge in [0.25, 0.3) is 0 Å². The summed E-state index contributed by atoms with van der Waals surface area (Å²) in [7, 11) is 0. The Labute approximate surface area is 117 Å². The molecule has 0 unspecified atom stereocenters. The van der Waals surface area contributed by atoms with Crippen LogP contribution >= 0.6 is 11.3 Å². The maximum Gasteiger partial charge on any atom is 0.335 e. The summed E-state index contributed by atoms with van der Waals surface area (Å²) in [5.74, 6) is -1.25. The number of hydrogen-bond acceptors (Lipinski definition) is 6. The second kappa shape index (κ2) is 5.66. The molecule has 0 aliphatic carbocycles. The van der Waals surface area contributed by atoms with Gasteiger partial charge in [0.1, 0.15) is 11.6 Å². The molecule has 0 aliphatic rings. The van der Waals surface area contributed by atoms with E-state index in [1.54, 1.807) is 0 Å². The van der Waals surface area contributed by atoms with Gasteiger partial charge >= 0.3 is 11.7 Å². The van der Waals surface area contributed by atoms with Gasteiger partial charge in [-0.3, -0.25) is 10.1 Å². The Morgan fingerprint density at radius 3 is 2.85 bits per heavy atom. The van der Waals surface area contributed by atoms with Gasteiger partial charge in [0.05, 0.1) is 10.5 Å². The van der Waals surface area contributed by atoms with Crippen molar-refractivity contribution in [3.05, 3.63) is 50.0 Å². The van der Waals surface area contributed by atoms with Crippen molar-refractivity contribution in [1.82, 2.24) is 4.98 Å². The highest BCUT2D eigenvalue weighted by atomic mass is 32.1.